The van der Waals surface area contributed by atoms with Gasteiger partial charge in [0.1, 0.15) is 0 Å². The fourth-order valence-corrected chi connectivity index (χ4v) is 4.90. The molecule has 2 aromatic carbocycles. The highest BCUT2D eigenvalue weighted by Crippen LogP contribution is 2.18. The fourth-order valence-electron chi connectivity index (χ4n) is 3.69. The number of carbonyl (C=O) groups excluding carboxylic acids is 3. The maximum absolute atomic E-state index is 12.7. The SMILES string of the molecule is CC(=O)c1ccc(S(=O)(=O)N(C)CCCC(=O)Nc2cccc(CN3CCCC3=O)c2)cc1. The molecule has 1 N–H and O–H groups in total. The van der Waals surface area contributed by atoms with E-state index in [1.165, 1.54) is 42.5 Å². The van der Waals surface area contributed by atoms with Crippen molar-refractivity contribution in [2.24, 2.45) is 0 Å². The van der Waals surface area contributed by atoms with E-state index >= 15 is 0 Å². The first-order chi connectivity index (χ1) is 15.7. The number of Topliss-reactive ketones (excluding diaryl/α,β-unsaturated/α-hetero) is 1. The van der Waals surface area contributed by atoms with Gasteiger partial charge in [-0.3, -0.25) is 14.4 Å². The zero-order valence-corrected chi connectivity index (χ0v) is 19.7. The number of hydrogen-bond donors (Lipinski definition) is 1. The van der Waals surface area contributed by atoms with E-state index in [2.05, 4.69) is 5.32 Å². The minimum atomic E-state index is -3.70. The summed E-state index contributed by atoms with van der Waals surface area (Å²) in [7, 11) is -2.23. The summed E-state index contributed by atoms with van der Waals surface area (Å²) in [6, 6.07) is 13.2. The standard InChI is InChI=1S/C24H29N3O5S/c1-18(28)20-10-12-22(13-11-20)33(31,32)26(2)14-4-8-23(29)25-21-7-3-6-19(16-21)17-27-15-5-9-24(27)30/h3,6-7,10-13,16H,4-5,8-9,14-15,17H2,1-2H3,(H,25,29). The zero-order chi connectivity index (χ0) is 24.0. The Hall–Kier alpha value is -3.04. The molecule has 8 nitrogen and oxygen atoms in total. The highest BCUT2D eigenvalue weighted by Gasteiger charge is 2.21. The molecule has 176 valence electrons. The van der Waals surface area contributed by atoms with Crippen LogP contribution in [-0.4, -0.2) is 55.4 Å². The van der Waals surface area contributed by atoms with E-state index < -0.39 is 10.0 Å². The van der Waals surface area contributed by atoms with Gasteiger partial charge in [0.15, 0.2) is 5.78 Å². The maximum atomic E-state index is 12.7. The van der Waals surface area contributed by atoms with Gasteiger partial charge in [0.25, 0.3) is 0 Å². The first kappa shape index (κ1) is 24.6. The molecule has 1 aliphatic heterocycles. The molecule has 0 unspecified atom stereocenters. The molecule has 2 aromatic rings. The second kappa shape index (κ2) is 10.7. The van der Waals surface area contributed by atoms with Crippen molar-refractivity contribution in [1.82, 2.24) is 9.21 Å². The van der Waals surface area contributed by atoms with Gasteiger partial charge in [-0.05, 0) is 49.6 Å². The zero-order valence-electron chi connectivity index (χ0n) is 18.9. The number of likely N-dealkylation sites (tertiary alicyclic amines) is 1. The second-order valence-electron chi connectivity index (χ2n) is 8.18. The third-order valence-electron chi connectivity index (χ3n) is 5.60. The monoisotopic (exact) mass is 471 g/mol. The van der Waals surface area contributed by atoms with Gasteiger partial charge < -0.3 is 10.2 Å². The Labute approximate surface area is 194 Å². The van der Waals surface area contributed by atoms with E-state index in [0.29, 0.717) is 30.6 Å². The molecule has 1 fully saturated rings. The Morgan fingerprint density at radius 3 is 2.48 bits per heavy atom. The molecule has 0 atom stereocenters. The molecule has 0 bridgehead atoms. The molecular formula is C24H29N3O5S. The number of anilines is 1. The van der Waals surface area contributed by atoms with Crippen LogP contribution in [0.4, 0.5) is 5.69 Å². The van der Waals surface area contributed by atoms with Crippen LogP contribution in [0.2, 0.25) is 0 Å². The van der Waals surface area contributed by atoms with Crippen LogP contribution in [0.25, 0.3) is 0 Å². The summed E-state index contributed by atoms with van der Waals surface area (Å²) in [4.78, 5) is 37.4. The summed E-state index contributed by atoms with van der Waals surface area (Å²) in [6.07, 6.45) is 1.99. The van der Waals surface area contributed by atoms with Crippen molar-refractivity contribution in [2.45, 2.75) is 44.0 Å². The van der Waals surface area contributed by atoms with Gasteiger partial charge >= 0.3 is 0 Å². The molecule has 1 aliphatic rings. The molecule has 9 heteroatoms. The van der Waals surface area contributed by atoms with Gasteiger partial charge in [0, 0.05) is 50.8 Å². The predicted octanol–water partition coefficient (Wildman–Crippen LogP) is 3.05. The summed E-state index contributed by atoms with van der Waals surface area (Å²) in [5.74, 6) is -0.187. The Balaban J connectivity index is 1.49. The number of carbonyl (C=O) groups is 3. The molecule has 1 heterocycles. The third kappa shape index (κ3) is 6.49. The molecule has 0 spiro atoms. The average Bonchev–Trinajstić information content (AvgIpc) is 3.18. The number of sulfonamides is 1. The van der Waals surface area contributed by atoms with Crippen molar-refractivity contribution in [3.63, 3.8) is 0 Å². The maximum Gasteiger partial charge on any atom is 0.242 e. The van der Waals surface area contributed by atoms with E-state index in [1.807, 2.05) is 23.1 Å². The Morgan fingerprint density at radius 2 is 1.85 bits per heavy atom. The van der Waals surface area contributed by atoms with Crippen molar-refractivity contribution >= 4 is 33.3 Å². The summed E-state index contributed by atoms with van der Waals surface area (Å²) < 4.78 is 26.6. The van der Waals surface area contributed by atoms with Crippen LogP contribution < -0.4 is 5.32 Å². The smallest absolute Gasteiger partial charge is 0.242 e. The van der Waals surface area contributed by atoms with Crippen LogP contribution in [0.15, 0.2) is 53.4 Å². The van der Waals surface area contributed by atoms with Gasteiger partial charge in [-0.25, -0.2) is 12.7 Å². The fraction of sp³-hybridized carbons (Fsp3) is 0.375. The molecule has 1 saturated heterocycles. The van der Waals surface area contributed by atoms with Crippen LogP contribution in [0.5, 0.6) is 0 Å². The van der Waals surface area contributed by atoms with E-state index in [9.17, 15) is 22.8 Å². The summed E-state index contributed by atoms with van der Waals surface area (Å²) in [6.45, 7) is 2.89. The van der Waals surface area contributed by atoms with Crippen LogP contribution in [0.3, 0.4) is 0 Å². The summed E-state index contributed by atoms with van der Waals surface area (Å²) >= 11 is 0. The highest BCUT2D eigenvalue weighted by molar-refractivity contribution is 7.89. The van der Waals surface area contributed by atoms with Gasteiger partial charge in [-0.1, -0.05) is 24.3 Å². The Morgan fingerprint density at radius 1 is 1.12 bits per heavy atom. The lowest BCUT2D eigenvalue weighted by molar-refractivity contribution is -0.128. The molecule has 0 aliphatic carbocycles. The third-order valence-corrected chi connectivity index (χ3v) is 7.47. The number of nitrogens with zero attached hydrogens (tertiary/aromatic N) is 2. The first-order valence-corrected chi connectivity index (χ1v) is 12.3. The molecule has 0 aromatic heterocycles. The normalized spacial score (nSPS) is 14.0. The molecule has 0 radical (unpaired) electrons. The summed E-state index contributed by atoms with van der Waals surface area (Å²) in [5, 5.41) is 2.84. The number of hydrogen-bond acceptors (Lipinski definition) is 5. The van der Waals surface area contributed by atoms with Crippen molar-refractivity contribution in [3.8, 4) is 0 Å². The van der Waals surface area contributed by atoms with E-state index in [1.54, 1.807) is 6.07 Å². The molecule has 3 rings (SSSR count). The predicted molar refractivity (Wildman–Crippen MR) is 125 cm³/mol. The topological polar surface area (TPSA) is 104 Å². The van der Waals surface area contributed by atoms with Crippen molar-refractivity contribution in [2.75, 3.05) is 25.5 Å². The van der Waals surface area contributed by atoms with Crippen LogP contribution >= 0.6 is 0 Å². The van der Waals surface area contributed by atoms with Crippen molar-refractivity contribution in [1.29, 1.82) is 0 Å². The lowest BCUT2D eigenvalue weighted by Gasteiger charge is -2.17. The number of benzene rings is 2. The Bertz CT molecular complexity index is 1130. The quantitative estimate of drug-likeness (QED) is 0.537. The van der Waals surface area contributed by atoms with Crippen LogP contribution in [0, 0.1) is 0 Å². The lowest BCUT2D eigenvalue weighted by atomic mass is 10.2. The number of nitrogens with one attached hydrogen (secondary N) is 1. The molecular weight excluding hydrogens is 442 g/mol. The second-order valence-corrected chi connectivity index (χ2v) is 10.2. The molecule has 2 amide bonds. The molecule has 0 saturated carbocycles. The van der Waals surface area contributed by atoms with Gasteiger partial charge in [0.2, 0.25) is 21.8 Å². The minimum absolute atomic E-state index is 0.104. The average molecular weight is 472 g/mol. The van der Waals surface area contributed by atoms with E-state index in [4.69, 9.17) is 0 Å². The van der Waals surface area contributed by atoms with E-state index in [-0.39, 0.29) is 35.5 Å². The number of rotatable bonds is 10. The van der Waals surface area contributed by atoms with Crippen LogP contribution in [-0.2, 0) is 26.2 Å². The lowest BCUT2D eigenvalue weighted by Crippen LogP contribution is -2.28. The van der Waals surface area contributed by atoms with Crippen LogP contribution in [0.1, 0.15) is 48.5 Å². The Kier molecular flexibility index (Phi) is 7.99. The van der Waals surface area contributed by atoms with Gasteiger partial charge in [0.05, 0.1) is 4.90 Å². The summed E-state index contributed by atoms with van der Waals surface area (Å²) in [5.41, 5.74) is 2.05. The van der Waals surface area contributed by atoms with Crippen molar-refractivity contribution in [3.05, 3.63) is 59.7 Å². The van der Waals surface area contributed by atoms with Crippen molar-refractivity contribution < 1.29 is 22.8 Å². The van der Waals surface area contributed by atoms with Gasteiger partial charge in [-0.2, -0.15) is 0 Å². The number of amides is 2. The number of ketones is 1. The minimum Gasteiger partial charge on any atom is -0.338 e. The largest absolute Gasteiger partial charge is 0.338 e. The first-order valence-electron chi connectivity index (χ1n) is 10.9. The van der Waals surface area contributed by atoms with Gasteiger partial charge in [-0.15, -0.1) is 0 Å². The van der Waals surface area contributed by atoms with E-state index in [0.717, 1.165) is 18.5 Å². The highest BCUT2D eigenvalue weighted by atomic mass is 32.2. The molecule has 33 heavy (non-hydrogen) atoms.